The van der Waals surface area contributed by atoms with Crippen LogP contribution in [0.1, 0.15) is 37.1 Å². The average Bonchev–Trinajstić information content (AvgIpc) is 2.85. The van der Waals surface area contributed by atoms with E-state index in [0.717, 1.165) is 37.3 Å². The van der Waals surface area contributed by atoms with E-state index in [2.05, 4.69) is 10.5 Å². The maximum absolute atomic E-state index is 5.86. The van der Waals surface area contributed by atoms with Crippen molar-refractivity contribution < 1.29 is 14.0 Å². The summed E-state index contributed by atoms with van der Waals surface area (Å²) in [5, 5.41) is 6.99. The van der Waals surface area contributed by atoms with Gasteiger partial charge in [-0.25, -0.2) is 0 Å². The fourth-order valence-corrected chi connectivity index (χ4v) is 2.36. The summed E-state index contributed by atoms with van der Waals surface area (Å²) in [5.74, 6) is 0.791. The van der Waals surface area contributed by atoms with Crippen molar-refractivity contribution in [2.24, 2.45) is 0 Å². The van der Waals surface area contributed by atoms with Crippen molar-refractivity contribution in [3.8, 4) is 0 Å². The summed E-state index contributed by atoms with van der Waals surface area (Å²) < 4.78 is 16.5. The normalized spacial score (nSPS) is 24.3. The first-order valence-corrected chi connectivity index (χ1v) is 6.55. The quantitative estimate of drug-likeness (QED) is 0.840. The standard InChI is InChI=1S/C13H22N2O3/c1-14-8-10-6-13(18-15-10)9-17-12-5-3-4-11(7-12)16-2/h6,11-12,14H,3-5,7-9H2,1-2H3. The third-order valence-corrected chi connectivity index (χ3v) is 3.34. The first-order valence-electron chi connectivity index (χ1n) is 6.55. The van der Waals surface area contributed by atoms with Crippen LogP contribution in [0.3, 0.4) is 0 Å². The molecule has 5 nitrogen and oxygen atoms in total. The van der Waals surface area contributed by atoms with E-state index in [1.165, 1.54) is 6.42 Å². The number of hydrogen-bond donors (Lipinski definition) is 1. The van der Waals surface area contributed by atoms with E-state index >= 15 is 0 Å². The highest BCUT2D eigenvalue weighted by Gasteiger charge is 2.22. The van der Waals surface area contributed by atoms with Crippen molar-refractivity contribution in [3.05, 3.63) is 17.5 Å². The lowest BCUT2D eigenvalue weighted by atomic mass is 9.95. The molecule has 1 heterocycles. The Bertz CT molecular complexity index is 354. The average molecular weight is 254 g/mol. The van der Waals surface area contributed by atoms with Gasteiger partial charge >= 0.3 is 0 Å². The molecule has 1 aliphatic rings. The predicted molar refractivity (Wildman–Crippen MR) is 67.1 cm³/mol. The van der Waals surface area contributed by atoms with Gasteiger partial charge in [0.15, 0.2) is 5.76 Å². The van der Waals surface area contributed by atoms with E-state index in [9.17, 15) is 0 Å². The molecule has 0 spiro atoms. The third-order valence-electron chi connectivity index (χ3n) is 3.34. The molecule has 1 saturated carbocycles. The van der Waals surface area contributed by atoms with Gasteiger partial charge in [-0.2, -0.15) is 0 Å². The van der Waals surface area contributed by atoms with Crippen LogP contribution in [0, 0.1) is 0 Å². The Morgan fingerprint density at radius 1 is 1.44 bits per heavy atom. The summed E-state index contributed by atoms with van der Waals surface area (Å²) in [6.07, 6.45) is 5.03. The molecule has 0 aliphatic heterocycles. The molecule has 2 unspecified atom stereocenters. The SMILES string of the molecule is CNCc1cc(COC2CCCC(OC)C2)on1. The second kappa shape index (κ2) is 6.87. The van der Waals surface area contributed by atoms with Crippen LogP contribution in [-0.4, -0.2) is 31.5 Å². The Kier molecular flexibility index (Phi) is 5.16. The summed E-state index contributed by atoms with van der Waals surface area (Å²) in [5.41, 5.74) is 0.912. The van der Waals surface area contributed by atoms with Crippen molar-refractivity contribution in [3.63, 3.8) is 0 Å². The van der Waals surface area contributed by atoms with Crippen molar-refractivity contribution in [1.29, 1.82) is 0 Å². The third kappa shape index (κ3) is 3.80. The van der Waals surface area contributed by atoms with Gasteiger partial charge in [0.05, 0.1) is 17.9 Å². The van der Waals surface area contributed by atoms with Gasteiger partial charge in [0, 0.05) is 19.7 Å². The fourth-order valence-electron chi connectivity index (χ4n) is 2.36. The number of aromatic nitrogens is 1. The lowest BCUT2D eigenvalue weighted by Crippen LogP contribution is -2.27. The second-order valence-corrected chi connectivity index (χ2v) is 4.77. The van der Waals surface area contributed by atoms with E-state index in [0.29, 0.717) is 12.7 Å². The van der Waals surface area contributed by atoms with Gasteiger partial charge in [-0.15, -0.1) is 0 Å². The monoisotopic (exact) mass is 254 g/mol. The van der Waals surface area contributed by atoms with Gasteiger partial charge in [-0.05, 0) is 32.7 Å². The molecule has 0 bridgehead atoms. The van der Waals surface area contributed by atoms with Crippen LogP contribution in [-0.2, 0) is 22.6 Å². The summed E-state index contributed by atoms with van der Waals surface area (Å²) >= 11 is 0. The van der Waals surface area contributed by atoms with Gasteiger partial charge in [-0.3, -0.25) is 0 Å². The first-order chi connectivity index (χ1) is 8.81. The fraction of sp³-hybridized carbons (Fsp3) is 0.769. The Morgan fingerprint density at radius 3 is 3.06 bits per heavy atom. The Morgan fingerprint density at radius 2 is 2.28 bits per heavy atom. The largest absolute Gasteiger partial charge is 0.381 e. The van der Waals surface area contributed by atoms with Crippen LogP contribution < -0.4 is 5.32 Å². The molecule has 0 amide bonds. The zero-order chi connectivity index (χ0) is 12.8. The minimum absolute atomic E-state index is 0.279. The van der Waals surface area contributed by atoms with Gasteiger partial charge in [0.25, 0.3) is 0 Å². The van der Waals surface area contributed by atoms with E-state index in [1.54, 1.807) is 7.11 Å². The minimum Gasteiger partial charge on any atom is -0.381 e. The number of ether oxygens (including phenoxy) is 2. The molecular formula is C13H22N2O3. The van der Waals surface area contributed by atoms with Crippen LogP contribution in [0.2, 0.25) is 0 Å². The van der Waals surface area contributed by atoms with E-state index in [-0.39, 0.29) is 6.10 Å². The first kappa shape index (κ1) is 13.5. The van der Waals surface area contributed by atoms with Gasteiger partial charge in [0.2, 0.25) is 0 Å². The van der Waals surface area contributed by atoms with Crippen molar-refractivity contribution in [1.82, 2.24) is 10.5 Å². The molecule has 18 heavy (non-hydrogen) atoms. The Balaban J connectivity index is 1.76. The number of nitrogens with one attached hydrogen (secondary N) is 1. The summed E-state index contributed by atoms with van der Waals surface area (Å²) in [6.45, 7) is 1.22. The number of nitrogens with zero attached hydrogens (tertiary/aromatic N) is 1. The van der Waals surface area contributed by atoms with Crippen LogP contribution in [0.4, 0.5) is 0 Å². The molecule has 1 N–H and O–H groups in total. The molecule has 1 fully saturated rings. The second-order valence-electron chi connectivity index (χ2n) is 4.77. The lowest BCUT2D eigenvalue weighted by Gasteiger charge is -2.27. The van der Waals surface area contributed by atoms with Crippen LogP contribution >= 0.6 is 0 Å². The van der Waals surface area contributed by atoms with Gasteiger partial charge in [0.1, 0.15) is 6.61 Å². The smallest absolute Gasteiger partial charge is 0.162 e. The molecule has 102 valence electrons. The van der Waals surface area contributed by atoms with Crippen LogP contribution in [0.5, 0.6) is 0 Å². The number of rotatable bonds is 6. The highest BCUT2D eigenvalue weighted by Crippen LogP contribution is 2.23. The zero-order valence-electron chi connectivity index (χ0n) is 11.1. The molecular weight excluding hydrogens is 232 g/mol. The maximum Gasteiger partial charge on any atom is 0.162 e. The predicted octanol–water partition coefficient (Wildman–Crippen LogP) is 1.87. The van der Waals surface area contributed by atoms with Crippen molar-refractivity contribution in [2.45, 2.75) is 51.0 Å². The van der Waals surface area contributed by atoms with Crippen LogP contribution in [0.25, 0.3) is 0 Å². The minimum atomic E-state index is 0.279. The van der Waals surface area contributed by atoms with Crippen molar-refractivity contribution in [2.75, 3.05) is 14.2 Å². The maximum atomic E-state index is 5.86. The summed E-state index contributed by atoms with van der Waals surface area (Å²) in [6, 6.07) is 1.94. The zero-order valence-corrected chi connectivity index (χ0v) is 11.1. The molecule has 2 atom stereocenters. The molecule has 0 radical (unpaired) electrons. The van der Waals surface area contributed by atoms with E-state index < -0.39 is 0 Å². The van der Waals surface area contributed by atoms with E-state index in [1.807, 2.05) is 13.1 Å². The molecule has 1 aromatic heterocycles. The number of hydrogen-bond acceptors (Lipinski definition) is 5. The molecule has 1 aliphatic carbocycles. The van der Waals surface area contributed by atoms with Gasteiger partial charge in [-0.1, -0.05) is 5.16 Å². The highest BCUT2D eigenvalue weighted by atomic mass is 16.5. The molecule has 1 aromatic rings. The Hall–Kier alpha value is -0.910. The molecule has 0 aromatic carbocycles. The Labute approximate surface area is 108 Å². The molecule has 5 heteroatoms. The van der Waals surface area contributed by atoms with Crippen molar-refractivity contribution >= 4 is 0 Å². The lowest BCUT2D eigenvalue weighted by molar-refractivity contribution is -0.0414. The van der Waals surface area contributed by atoms with Gasteiger partial charge < -0.3 is 19.3 Å². The molecule has 0 saturated heterocycles. The molecule has 2 rings (SSSR count). The van der Waals surface area contributed by atoms with Crippen LogP contribution in [0.15, 0.2) is 10.6 Å². The van der Waals surface area contributed by atoms with E-state index in [4.69, 9.17) is 14.0 Å². The summed E-state index contributed by atoms with van der Waals surface area (Å²) in [7, 11) is 3.66. The summed E-state index contributed by atoms with van der Waals surface area (Å²) in [4.78, 5) is 0. The highest BCUT2D eigenvalue weighted by molar-refractivity contribution is 5.04. The number of methoxy groups -OCH3 is 1. The topological polar surface area (TPSA) is 56.5 Å².